The van der Waals surface area contributed by atoms with Gasteiger partial charge in [-0.25, -0.2) is 0 Å². The van der Waals surface area contributed by atoms with Crippen LogP contribution in [0.2, 0.25) is 0 Å². The summed E-state index contributed by atoms with van der Waals surface area (Å²) in [5.41, 5.74) is 7.40. The first-order valence-corrected chi connectivity index (χ1v) is 6.57. The maximum atomic E-state index is 12.5. The number of pyridine rings is 1. The molecule has 18 heavy (non-hydrogen) atoms. The summed E-state index contributed by atoms with van der Waals surface area (Å²) in [5.74, 6) is 0.538. The number of amides is 1. The van der Waals surface area contributed by atoms with Gasteiger partial charge in [0.2, 0.25) is 0 Å². The first-order chi connectivity index (χ1) is 8.63. The van der Waals surface area contributed by atoms with Gasteiger partial charge in [-0.05, 0) is 37.8 Å². The van der Waals surface area contributed by atoms with E-state index in [1.54, 1.807) is 6.20 Å². The van der Waals surface area contributed by atoms with Crippen LogP contribution in [0.1, 0.15) is 35.8 Å². The summed E-state index contributed by atoms with van der Waals surface area (Å²) in [7, 11) is 0. The van der Waals surface area contributed by atoms with Crippen LogP contribution in [-0.4, -0.2) is 34.9 Å². The van der Waals surface area contributed by atoms with Gasteiger partial charge in [0.05, 0.1) is 5.56 Å². The molecule has 1 amide bonds. The number of piperidine rings is 1. The lowest BCUT2D eigenvalue weighted by Crippen LogP contribution is -2.51. The van der Waals surface area contributed by atoms with Gasteiger partial charge in [-0.1, -0.05) is 6.92 Å². The molecule has 2 atom stereocenters. The highest BCUT2D eigenvalue weighted by Gasteiger charge is 2.31. The van der Waals surface area contributed by atoms with Crippen LogP contribution >= 0.6 is 0 Å². The molecule has 0 bridgehead atoms. The fourth-order valence-electron chi connectivity index (χ4n) is 2.62. The SMILES string of the molecule is Cc1ccc(C(=O)N2CCCC(C)C2CN)cn1. The Kier molecular flexibility index (Phi) is 3.97. The lowest BCUT2D eigenvalue weighted by Gasteiger charge is -2.39. The molecule has 2 unspecified atom stereocenters. The summed E-state index contributed by atoms with van der Waals surface area (Å²) < 4.78 is 0. The second-order valence-corrected chi connectivity index (χ2v) is 5.11. The van der Waals surface area contributed by atoms with E-state index in [1.807, 2.05) is 24.0 Å². The number of carbonyl (C=O) groups excluding carboxylic acids is 1. The largest absolute Gasteiger partial charge is 0.334 e. The Balaban J connectivity index is 2.18. The van der Waals surface area contributed by atoms with E-state index in [1.165, 1.54) is 0 Å². The van der Waals surface area contributed by atoms with Gasteiger partial charge in [0, 0.05) is 31.0 Å². The lowest BCUT2D eigenvalue weighted by molar-refractivity contribution is 0.0532. The van der Waals surface area contributed by atoms with Crippen LogP contribution in [0.3, 0.4) is 0 Å². The fraction of sp³-hybridized carbons (Fsp3) is 0.571. The van der Waals surface area contributed by atoms with Gasteiger partial charge in [-0.15, -0.1) is 0 Å². The minimum atomic E-state index is 0.0597. The van der Waals surface area contributed by atoms with Gasteiger partial charge in [0.15, 0.2) is 0 Å². The van der Waals surface area contributed by atoms with Crippen LogP contribution in [0.15, 0.2) is 18.3 Å². The van der Waals surface area contributed by atoms with Gasteiger partial charge >= 0.3 is 0 Å². The second-order valence-electron chi connectivity index (χ2n) is 5.11. The number of rotatable bonds is 2. The molecular weight excluding hydrogens is 226 g/mol. The Morgan fingerprint density at radius 1 is 1.56 bits per heavy atom. The van der Waals surface area contributed by atoms with Gasteiger partial charge in [-0.2, -0.15) is 0 Å². The molecule has 1 fully saturated rings. The number of nitrogens with zero attached hydrogens (tertiary/aromatic N) is 2. The number of carbonyl (C=O) groups is 1. The van der Waals surface area contributed by atoms with Crippen molar-refractivity contribution in [2.45, 2.75) is 32.7 Å². The monoisotopic (exact) mass is 247 g/mol. The molecule has 0 aliphatic carbocycles. The van der Waals surface area contributed by atoms with Crippen LogP contribution in [0.25, 0.3) is 0 Å². The topological polar surface area (TPSA) is 59.2 Å². The number of likely N-dealkylation sites (tertiary alicyclic amines) is 1. The van der Waals surface area contributed by atoms with Crippen molar-refractivity contribution in [1.29, 1.82) is 0 Å². The first-order valence-electron chi connectivity index (χ1n) is 6.57. The molecule has 0 spiro atoms. The predicted octanol–water partition coefficient (Wildman–Crippen LogP) is 1.59. The van der Waals surface area contributed by atoms with E-state index in [-0.39, 0.29) is 11.9 Å². The standard InChI is InChI=1S/C14H21N3O/c1-10-4-3-7-17(13(10)8-15)14(18)12-6-5-11(2)16-9-12/h5-6,9-10,13H,3-4,7-8,15H2,1-2H3. The number of nitrogens with two attached hydrogens (primary N) is 1. The van der Waals surface area contributed by atoms with Gasteiger partial charge in [0.1, 0.15) is 0 Å². The molecule has 1 aliphatic heterocycles. The third-order valence-electron chi connectivity index (χ3n) is 3.78. The Morgan fingerprint density at radius 3 is 2.94 bits per heavy atom. The van der Waals surface area contributed by atoms with Crippen molar-refractivity contribution in [2.75, 3.05) is 13.1 Å². The Morgan fingerprint density at radius 2 is 2.33 bits per heavy atom. The van der Waals surface area contributed by atoms with Gasteiger partial charge < -0.3 is 10.6 Å². The average Bonchev–Trinajstić information content (AvgIpc) is 2.38. The van der Waals surface area contributed by atoms with Crippen LogP contribution < -0.4 is 5.73 Å². The second kappa shape index (κ2) is 5.48. The molecule has 0 saturated carbocycles. The van der Waals surface area contributed by atoms with E-state index in [2.05, 4.69) is 11.9 Å². The first kappa shape index (κ1) is 13.0. The van der Waals surface area contributed by atoms with Gasteiger partial charge in [0.25, 0.3) is 5.91 Å². The molecule has 2 heterocycles. The molecule has 2 rings (SSSR count). The number of hydrogen-bond donors (Lipinski definition) is 1. The summed E-state index contributed by atoms with van der Waals surface area (Å²) in [6, 6.07) is 3.88. The normalized spacial score (nSPS) is 24.1. The minimum absolute atomic E-state index is 0.0597. The maximum Gasteiger partial charge on any atom is 0.255 e. The third-order valence-corrected chi connectivity index (χ3v) is 3.78. The van der Waals surface area contributed by atoms with Crippen molar-refractivity contribution in [3.05, 3.63) is 29.6 Å². The van der Waals surface area contributed by atoms with E-state index in [0.29, 0.717) is 18.0 Å². The van der Waals surface area contributed by atoms with Crippen molar-refractivity contribution in [1.82, 2.24) is 9.88 Å². The highest BCUT2D eigenvalue weighted by Crippen LogP contribution is 2.24. The van der Waals surface area contributed by atoms with Gasteiger partial charge in [-0.3, -0.25) is 9.78 Å². The van der Waals surface area contributed by atoms with E-state index in [0.717, 1.165) is 25.1 Å². The Hall–Kier alpha value is -1.42. The lowest BCUT2D eigenvalue weighted by atomic mass is 9.90. The van der Waals surface area contributed by atoms with E-state index in [9.17, 15) is 4.79 Å². The zero-order valence-electron chi connectivity index (χ0n) is 11.1. The van der Waals surface area contributed by atoms with E-state index >= 15 is 0 Å². The quantitative estimate of drug-likeness (QED) is 0.863. The zero-order chi connectivity index (χ0) is 13.1. The van der Waals surface area contributed by atoms with Crippen LogP contribution in [-0.2, 0) is 0 Å². The molecule has 2 N–H and O–H groups in total. The van der Waals surface area contributed by atoms with Crippen LogP contribution in [0.5, 0.6) is 0 Å². The molecule has 98 valence electrons. The average molecular weight is 247 g/mol. The third kappa shape index (κ3) is 2.53. The molecular formula is C14H21N3O. The van der Waals surface area contributed by atoms with Crippen molar-refractivity contribution < 1.29 is 4.79 Å². The van der Waals surface area contributed by atoms with Crippen LogP contribution in [0.4, 0.5) is 0 Å². The maximum absolute atomic E-state index is 12.5. The Labute approximate surface area is 108 Å². The fourth-order valence-corrected chi connectivity index (χ4v) is 2.62. The summed E-state index contributed by atoms with van der Waals surface area (Å²) >= 11 is 0. The van der Waals surface area contributed by atoms with E-state index in [4.69, 9.17) is 5.73 Å². The zero-order valence-corrected chi connectivity index (χ0v) is 11.1. The molecule has 1 aromatic heterocycles. The molecule has 0 radical (unpaired) electrons. The van der Waals surface area contributed by atoms with Crippen LogP contribution in [0, 0.1) is 12.8 Å². The highest BCUT2D eigenvalue weighted by molar-refractivity contribution is 5.94. The molecule has 1 aromatic rings. The number of hydrogen-bond acceptors (Lipinski definition) is 3. The van der Waals surface area contributed by atoms with E-state index < -0.39 is 0 Å². The van der Waals surface area contributed by atoms with Crippen molar-refractivity contribution in [2.24, 2.45) is 11.7 Å². The number of aryl methyl sites for hydroxylation is 1. The Bertz CT molecular complexity index is 416. The summed E-state index contributed by atoms with van der Waals surface area (Å²) in [6.07, 6.45) is 3.87. The highest BCUT2D eigenvalue weighted by atomic mass is 16.2. The van der Waals surface area contributed by atoms with Crippen molar-refractivity contribution in [3.8, 4) is 0 Å². The molecule has 1 saturated heterocycles. The predicted molar refractivity (Wildman–Crippen MR) is 71.3 cm³/mol. The summed E-state index contributed by atoms with van der Waals surface area (Å²) in [5, 5.41) is 0. The molecule has 4 heteroatoms. The summed E-state index contributed by atoms with van der Waals surface area (Å²) in [4.78, 5) is 18.6. The molecule has 4 nitrogen and oxygen atoms in total. The molecule has 1 aliphatic rings. The van der Waals surface area contributed by atoms with Crippen molar-refractivity contribution in [3.63, 3.8) is 0 Å². The summed E-state index contributed by atoms with van der Waals surface area (Å²) in [6.45, 7) is 5.43. The smallest absolute Gasteiger partial charge is 0.255 e. The number of aromatic nitrogens is 1. The molecule has 0 aromatic carbocycles. The minimum Gasteiger partial charge on any atom is -0.334 e. The van der Waals surface area contributed by atoms with Crippen molar-refractivity contribution >= 4 is 5.91 Å².